The van der Waals surface area contributed by atoms with Gasteiger partial charge in [-0.05, 0) is 12.8 Å². The Balaban J connectivity index is 1.76. The maximum Gasteiger partial charge on any atom is 0.329 e. The molecule has 0 unspecified atom stereocenters. The van der Waals surface area contributed by atoms with Crippen LogP contribution < -0.4 is 0 Å². The molecule has 9 nitrogen and oxygen atoms in total. The van der Waals surface area contributed by atoms with Crippen molar-refractivity contribution in [1.29, 1.82) is 0 Å². The van der Waals surface area contributed by atoms with Crippen LogP contribution in [0.25, 0.3) is 0 Å². The Morgan fingerprint density at radius 1 is 1.52 bits per heavy atom. The van der Waals surface area contributed by atoms with E-state index in [1.54, 1.807) is 16.8 Å². The number of nitrogens with one attached hydrogen (secondary N) is 1. The Labute approximate surface area is 121 Å². The first-order chi connectivity index (χ1) is 10.1. The van der Waals surface area contributed by atoms with Crippen LogP contribution >= 0.6 is 0 Å². The van der Waals surface area contributed by atoms with E-state index in [-0.39, 0.29) is 18.7 Å². The van der Waals surface area contributed by atoms with Gasteiger partial charge in [-0.3, -0.25) is 5.10 Å². The molecule has 1 saturated heterocycles. The van der Waals surface area contributed by atoms with E-state index in [1.165, 1.54) is 6.33 Å². The number of hydrogen-bond donors (Lipinski definition) is 2. The molecule has 0 aromatic carbocycles. The van der Waals surface area contributed by atoms with Gasteiger partial charge in [0.15, 0.2) is 0 Å². The maximum absolute atomic E-state index is 12.3. The largest absolute Gasteiger partial charge is 0.480 e. The van der Waals surface area contributed by atoms with Crippen molar-refractivity contribution in [3.05, 3.63) is 12.2 Å². The van der Waals surface area contributed by atoms with E-state index in [9.17, 15) is 9.59 Å². The van der Waals surface area contributed by atoms with Gasteiger partial charge in [0.1, 0.15) is 18.8 Å². The summed E-state index contributed by atoms with van der Waals surface area (Å²) in [6.07, 6.45) is 2.60. The molecule has 21 heavy (non-hydrogen) atoms. The first kappa shape index (κ1) is 15.2. The molecule has 2 heterocycles. The van der Waals surface area contributed by atoms with Crippen LogP contribution in [-0.2, 0) is 16.1 Å². The number of nitrogens with zero attached hydrogens (tertiary/aromatic N) is 4. The fourth-order valence-corrected chi connectivity index (χ4v) is 2.24. The van der Waals surface area contributed by atoms with Crippen LogP contribution in [0.4, 0.5) is 4.79 Å². The van der Waals surface area contributed by atoms with Gasteiger partial charge in [-0.1, -0.05) is 0 Å². The molecule has 0 radical (unpaired) electrons. The second-order valence-corrected chi connectivity index (χ2v) is 4.96. The maximum atomic E-state index is 12.3. The fraction of sp³-hybridized carbons (Fsp3) is 0.667. The third-order valence-electron chi connectivity index (χ3n) is 3.33. The normalized spacial score (nSPS) is 16.0. The van der Waals surface area contributed by atoms with E-state index in [0.717, 1.165) is 0 Å². The van der Waals surface area contributed by atoms with Crippen LogP contribution in [0.15, 0.2) is 6.33 Å². The predicted octanol–water partition coefficient (Wildman–Crippen LogP) is -0.0779. The summed E-state index contributed by atoms with van der Waals surface area (Å²) in [5, 5.41) is 15.0. The lowest BCUT2D eigenvalue weighted by atomic mass is 10.1. The van der Waals surface area contributed by atoms with Crippen molar-refractivity contribution in [3.8, 4) is 0 Å². The highest BCUT2D eigenvalue weighted by Gasteiger charge is 2.25. The molecule has 2 rings (SSSR count). The Morgan fingerprint density at radius 2 is 2.24 bits per heavy atom. The quantitative estimate of drug-likeness (QED) is 0.786. The summed E-state index contributed by atoms with van der Waals surface area (Å²) >= 11 is 0. The third-order valence-corrected chi connectivity index (χ3v) is 3.33. The van der Waals surface area contributed by atoms with Crippen molar-refractivity contribution in [2.45, 2.75) is 25.5 Å². The topological polar surface area (TPSA) is 112 Å². The zero-order chi connectivity index (χ0) is 15.2. The van der Waals surface area contributed by atoms with Gasteiger partial charge in [0.05, 0.1) is 12.6 Å². The average molecular weight is 297 g/mol. The van der Waals surface area contributed by atoms with Crippen LogP contribution in [0.5, 0.6) is 0 Å². The van der Waals surface area contributed by atoms with E-state index in [1.807, 2.05) is 0 Å². The number of aliphatic carboxylic acids is 1. The van der Waals surface area contributed by atoms with Gasteiger partial charge in [0.2, 0.25) is 0 Å². The summed E-state index contributed by atoms with van der Waals surface area (Å²) in [5.41, 5.74) is 0. The van der Waals surface area contributed by atoms with Crippen molar-refractivity contribution in [2.75, 3.05) is 26.7 Å². The van der Waals surface area contributed by atoms with Crippen molar-refractivity contribution in [1.82, 2.24) is 25.0 Å². The molecule has 1 aliphatic rings. The number of piperidine rings is 1. The molecule has 1 aromatic rings. The smallest absolute Gasteiger partial charge is 0.329 e. The lowest BCUT2D eigenvalue weighted by molar-refractivity contribution is -0.145. The number of urea groups is 1. The number of rotatable bonds is 5. The van der Waals surface area contributed by atoms with Crippen molar-refractivity contribution in [2.24, 2.45) is 0 Å². The molecule has 0 saturated carbocycles. The molecule has 1 aromatic heterocycles. The molecule has 9 heteroatoms. The zero-order valence-corrected chi connectivity index (χ0v) is 11.9. The van der Waals surface area contributed by atoms with E-state index in [0.29, 0.717) is 38.3 Å². The summed E-state index contributed by atoms with van der Waals surface area (Å²) in [5.74, 6) is -0.342. The van der Waals surface area contributed by atoms with Crippen molar-refractivity contribution >= 4 is 12.0 Å². The number of carboxylic acids is 1. The summed E-state index contributed by atoms with van der Waals surface area (Å²) in [7, 11) is 1.71. The highest BCUT2D eigenvalue weighted by atomic mass is 16.5. The summed E-state index contributed by atoms with van der Waals surface area (Å²) in [4.78, 5) is 30.0. The molecule has 116 valence electrons. The number of carboxylic acid groups (broad SMARTS) is 1. The molecule has 0 atom stereocenters. The van der Waals surface area contributed by atoms with Gasteiger partial charge >= 0.3 is 12.0 Å². The Morgan fingerprint density at radius 3 is 2.81 bits per heavy atom. The lowest BCUT2D eigenvalue weighted by Crippen LogP contribution is -2.46. The first-order valence-corrected chi connectivity index (χ1v) is 6.74. The van der Waals surface area contributed by atoms with Crippen LogP contribution in [0.1, 0.15) is 18.7 Å². The number of carbonyl (C=O) groups excluding carboxylic acids is 1. The molecule has 2 N–H and O–H groups in total. The van der Waals surface area contributed by atoms with Gasteiger partial charge in [-0.15, -0.1) is 0 Å². The fourth-order valence-electron chi connectivity index (χ4n) is 2.24. The van der Waals surface area contributed by atoms with Crippen molar-refractivity contribution in [3.63, 3.8) is 0 Å². The molecule has 0 aliphatic carbocycles. The number of likely N-dealkylation sites (tertiary alicyclic amines) is 1. The van der Waals surface area contributed by atoms with E-state index < -0.39 is 5.97 Å². The molecule has 0 bridgehead atoms. The van der Waals surface area contributed by atoms with Crippen molar-refractivity contribution < 1.29 is 19.4 Å². The van der Waals surface area contributed by atoms with E-state index in [2.05, 4.69) is 15.2 Å². The van der Waals surface area contributed by atoms with Gasteiger partial charge in [-0.2, -0.15) is 5.10 Å². The number of aromatic nitrogens is 3. The number of ether oxygens (including phenoxy) is 1. The minimum Gasteiger partial charge on any atom is -0.480 e. The van der Waals surface area contributed by atoms with Gasteiger partial charge in [0, 0.05) is 20.1 Å². The Bertz CT molecular complexity index is 470. The molecular weight excluding hydrogens is 278 g/mol. The number of amides is 2. The highest BCUT2D eigenvalue weighted by molar-refractivity contribution is 5.74. The minimum atomic E-state index is -0.972. The average Bonchev–Trinajstić information content (AvgIpc) is 2.97. The number of H-pyrrole nitrogens is 1. The second-order valence-electron chi connectivity index (χ2n) is 4.96. The molecular formula is C12H19N5O4. The highest BCUT2D eigenvalue weighted by Crippen LogP contribution is 2.15. The Kier molecular flexibility index (Phi) is 5.09. The SMILES string of the molecule is CN(Cc1ncn[nH]1)C(=O)N1CCC(OCC(=O)O)CC1. The van der Waals surface area contributed by atoms with E-state index >= 15 is 0 Å². The Hall–Kier alpha value is -2.16. The zero-order valence-electron chi connectivity index (χ0n) is 11.9. The second kappa shape index (κ2) is 7.02. The number of aromatic amines is 1. The van der Waals surface area contributed by atoms with Gasteiger partial charge < -0.3 is 19.6 Å². The van der Waals surface area contributed by atoms with Crippen LogP contribution in [0.3, 0.4) is 0 Å². The third kappa shape index (κ3) is 4.42. The van der Waals surface area contributed by atoms with Crippen LogP contribution in [-0.4, -0.2) is 74.9 Å². The molecule has 1 fully saturated rings. The van der Waals surface area contributed by atoms with Crippen LogP contribution in [0, 0.1) is 0 Å². The van der Waals surface area contributed by atoms with Gasteiger partial charge in [-0.25, -0.2) is 14.6 Å². The predicted molar refractivity (Wildman–Crippen MR) is 71.4 cm³/mol. The standard InChI is InChI=1S/C12H19N5O4/c1-16(6-10-13-8-14-15-10)12(20)17-4-2-9(3-5-17)21-7-11(18)19/h8-9H,2-7H2,1H3,(H,18,19)(H,13,14,15). The number of hydrogen-bond acceptors (Lipinski definition) is 5. The molecule has 2 amide bonds. The number of carbonyl (C=O) groups is 2. The summed E-state index contributed by atoms with van der Waals surface area (Å²) in [6, 6.07) is -0.0805. The molecule has 1 aliphatic heterocycles. The minimum absolute atomic E-state index is 0.0805. The monoisotopic (exact) mass is 297 g/mol. The first-order valence-electron chi connectivity index (χ1n) is 6.74. The van der Waals surface area contributed by atoms with E-state index in [4.69, 9.17) is 9.84 Å². The lowest BCUT2D eigenvalue weighted by Gasteiger charge is -2.34. The molecule has 0 spiro atoms. The summed E-state index contributed by atoms with van der Waals surface area (Å²) in [6.45, 7) is 1.20. The van der Waals surface area contributed by atoms with Crippen LogP contribution in [0.2, 0.25) is 0 Å². The van der Waals surface area contributed by atoms with Gasteiger partial charge in [0.25, 0.3) is 0 Å². The summed E-state index contributed by atoms with van der Waals surface area (Å²) < 4.78 is 5.24.